The number of methoxy groups -OCH3 is 1. The number of nitrogens with zero attached hydrogens (tertiary/aromatic N) is 3. The number of para-hydroxylation sites is 1. The first kappa shape index (κ1) is 18.2. The highest BCUT2D eigenvalue weighted by Crippen LogP contribution is 2.42. The summed E-state index contributed by atoms with van der Waals surface area (Å²) in [5.74, 6) is 0.910. The molecule has 2 aliphatic rings. The number of aryl methyl sites for hydroxylation is 1. The van der Waals surface area contributed by atoms with E-state index in [0.29, 0.717) is 24.9 Å². The average Bonchev–Trinajstić information content (AvgIpc) is 2.89. The molecule has 6 nitrogen and oxygen atoms in total. The Morgan fingerprint density at radius 1 is 1.19 bits per heavy atom. The van der Waals surface area contributed by atoms with Gasteiger partial charge < -0.3 is 9.84 Å². The van der Waals surface area contributed by atoms with E-state index in [1.165, 1.54) is 16.3 Å². The predicted molar refractivity (Wildman–Crippen MR) is 103 cm³/mol. The van der Waals surface area contributed by atoms with Gasteiger partial charge in [-0.1, -0.05) is 18.2 Å². The summed E-state index contributed by atoms with van der Waals surface area (Å²) in [5, 5.41) is 15.6. The zero-order valence-corrected chi connectivity index (χ0v) is 16.0. The molecule has 4 rings (SSSR count). The molecule has 27 heavy (non-hydrogen) atoms. The SMILES string of the molecule is COc1ccccc1CN1[C@@H]2CC[C@@H]1CC(O)(Cn1nc(C)ccc1=O)C2. The van der Waals surface area contributed by atoms with Crippen LogP contribution in [0.15, 0.2) is 41.2 Å². The Hall–Kier alpha value is -2.18. The summed E-state index contributed by atoms with van der Waals surface area (Å²) in [6.07, 6.45) is 3.50. The lowest BCUT2D eigenvalue weighted by Crippen LogP contribution is -2.53. The second-order valence-corrected chi connectivity index (χ2v) is 7.97. The molecule has 1 aromatic carbocycles. The fraction of sp³-hybridized carbons (Fsp3) is 0.524. The lowest BCUT2D eigenvalue weighted by atomic mass is 9.85. The second-order valence-electron chi connectivity index (χ2n) is 7.97. The number of ether oxygens (including phenoxy) is 1. The number of hydrogen-bond donors (Lipinski definition) is 1. The zero-order chi connectivity index (χ0) is 19.0. The first-order valence-corrected chi connectivity index (χ1v) is 9.62. The molecule has 3 heterocycles. The van der Waals surface area contributed by atoms with E-state index in [-0.39, 0.29) is 12.1 Å². The highest BCUT2D eigenvalue weighted by Gasteiger charge is 2.47. The third kappa shape index (κ3) is 3.64. The first-order valence-electron chi connectivity index (χ1n) is 9.62. The fourth-order valence-corrected chi connectivity index (χ4v) is 4.77. The Morgan fingerprint density at radius 2 is 1.89 bits per heavy atom. The van der Waals surface area contributed by atoms with Crippen molar-refractivity contribution < 1.29 is 9.84 Å². The molecule has 2 atom stereocenters. The topological polar surface area (TPSA) is 67.6 Å². The van der Waals surface area contributed by atoms with Gasteiger partial charge in [0.25, 0.3) is 5.56 Å². The molecule has 2 aliphatic heterocycles. The number of aromatic nitrogens is 2. The van der Waals surface area contributed by atoms with Crippen molar-refractivity contribution in [3.63, 3.8) is 0 Å². The van der Waals surface area contributed by atoms with Gasteiger partial charge >= 0.3 is 0 Å². The average molecular weight is 369 g/mol. The van der Waals surface area contributed by atoms with Crippen molar-refractivity contribution in [2.45, 2.75) is 63.4 Å². The third-order valence-corrected chi connectivity index (χ3v) is 5.99. The third-order valence-electron chi connectivity index (χ3n) is 5.99. The minimum Gasteiger partial charge on any atom is -0.496 e. The number of rotatable bonds is 5. The number of aliphatic hydroxyl groups is 1. The summed E-state index contributed by atoms with van der Waals surface area (Å²) in [6.45, 7) is 2.96. The Morgan fingerprint density at radius 3 is 2.59 bits per heavy atom. The molecule has 0 amide bonds. The molecule has 0 unspecified atom stereocenters. The Balaban J connectivity index is 1.51. The largest absolute Gasteiger partial charge is 0.496 e. The molecule has 0 aliphatic carbocycles. The number of piperidine rings is 1. The van der Waals surface area contributed by atoms with Crippen LogP contribution in [0.5, 0.6) is 5.75 Å². The van der Waals surface area contributed by atoms with Gasteiger partial charge in [0.05, 0.1) is 24.9 Å². The molecule has 6 heteroatoms. The smallest absolute Gasteiger partial charge is 0.266 e. The van der Waals surface area contributed by atoms with Crippen LogP contribution in [0.1, 0.15) is 36.9 Å². The van der Waals surface area contributed by atoms with E-state index in [4.69, 9.17) is 4.74 Å². The monoisotopic (exact) mass is 369 g/mol. The molecule has 1 N–H and O–H groups in total. The maximum atomic E-state index is 12.1. The summed E-state index contributed by atoms with van der Waals surface area (Å²) in [6, 6.07) is 12.0. The van der Waals surface area contributed by atoms with Crippen molar-refractivity contribution in [3.05, 3.63) is 58.0 Å². The Labute approximate surface area is 159 Å². The van der Waals surface area contributed by atoms with Crippen molar-refractivity contribution in [1.82, 2.24) is 14.7 Å². The van der Waals surface area contributed by atoms with Crippen molar-refractivity contribution in [1.29, 1.82) is 0 Å². The van der Waals surface area contributed by atoms with E-state index in [1.54, 1.807) is 13.2 Å². The van der Waals surface area contributed by atoms with Gasteiger partial charge in [0, 0.05) is 30.3 Å². The molecule has 0 saturated carbocycles. The standard InChI is InChI=1S/C21H27N3O3/c1-15-7-10-20(25)24(22-15)14-21(26)11-17-8-9-18(12-21)23(17)13-16-5-3-4-6-19(16)27-2/h3-7,10,17-18,26H,8-9,11-14H2,1-2H3/t17-,18-/m1/s1. The second kappa shape index (κ2) is 7.09. The quantitative estimate of drug-likeness (QED) is 0.874. The van der Waals surface area contributed by atoms with Crippen LogP contribution in [0.3, 0.4) is 0 Å². The maximum absolute atomic E-state index is 12.1. The van der Waals surface area contributed by atoms with E-state index >= 15 is 0 Å². The van der Waals surface area contributed by atoms with Gasteiger partial charge in [-0.15, -0.1) is 0 Å². The van der Waals surface area contributed by atoms with Crippen LogP contribution in [0.25, 0.3) is 0 Å². The van der Waals surface area contributed by atoms with Crippen LogP contribution in [-0.2, 0) is 13.1 Å². The van der Waals surface area contributed by atoms with Crippen LogP contribution in [0.2, 0.25) is 0 Å². The molecule has 0 radical (unpaired) electrons. The van der Waals surface area contributed by atoms with Crippen molar-refractivity contribution in [2.24, 2.45) is 0 Å². The molecule has 2 aromatic rings. The molecule has 2 saturated heterocycles. The lowest BCUT2D eigenvalue weighted by Gasteiger charge is -2.44. The minimum atomic E-state index is -0.881. The number of hydrogen-bond acceptors (Lipinski definition) is 5. The summed E-state index contributed by atoms with van der Waals surface area (Å²) in [7, 11) is 1.70. The number of fused-ring (bicyclic) bond motifs is 2. The fourth-order valence-electron chi connectivity index (χ4n) is 4.77. The molecule has 2 fully saturated rings. The molecule has 2 bridgehead atoms. The van der Waals surface area contributed by atoms with Crippen LogP contribution < -0.4 is 10.3 Å². The summed E-state index contributed by atoms with van der Waals surface area (Å²) >= 11 is 0. The molecule has 144 valence electrons. The lowest BCUT2D eigenvalue weighted by molar-refractivity contribution is -0.0678. The molecular formula is C21H27N3O3. The maximum Gasteiger partial charge on any atom is 0.266 e. The van der Waals surface area contributed by atoms with Crippen molar-refractivity contribution >= 4 is 0 Å². The van der Waals surface area contributed by atoms with Gasteiger partial charge in [0.2, 0.25) is 0 Å². The summed E-state index contributed by atoms with van der Waals surface area (Å²) in [4.78, 5) is 14.6. The first-order chi connectivity index (χ1) is 13.0. The van der Waals surface area contributed by atoms with E-state index < -0.39 is 5.60 Å². The van der Waals surface area contributed by atoms with Gasteiger partial charge in [0.1, 0.15) is 5.75 Å². The molecule has 0 spiro atoms. The summed E-state index contributed by atoms with van der Waals surface area (Å²) < 4.78 is 6.92. The van der Waals surface area contributed by atoms with Gasteiger partial charge in [-0.05, 0) is 44.7 Å². The van der Waals surface area contributed by atoms with Crippen molar-refractivity contribution in [3.8, 4) is 5.75 Å². The van der Waals surface area contributed by atoms with E-state index in [1.807, 2.05) is 25.1 Å². The van der Waals surface area contributed by atoms with E-state index in [0.717, 1.165) is 30.8 Å². The van der Waals surface area contributed by atoms with Crippen LogP contribution in [-0.4, -0.2) is 44.6 Å². The van der Waals surface area contributed by atoms with Crippen LogP contribution >= 0.6 is 0 Å². The Bertz CT molecular complexity index is 865. The highest BCUT2D eigenvalue weighted by atomic mass is 16.5. The van der Waals surface area contributed by atoms with Gasteiger partial charge in [-0.2, -0.15) is 5.10 Å². The van der Waals surface area contributed by atoms with Crippen LogP contribution in [0, 0.1) is 6.92 Å². The number of benzene rings is 1. The minimum absolute atomic E-state index is 0.155. The van der Waals surface area contributed by atoms with Gasteiger partial charge in [0.15, 0.2) is 0 Å². The highest BCUT2D eigenvalue weighted by molar-refractivity contribution is 5.33. The molecular weight excluding hydrogens is 342 g/mol. The predicted octanol–water partition coefficient (Wildman–Crippen LogP) is 2.12. The normalized spacial score (nSPS) is 27.7. The van der Waals surface area contributed by atoms with Gasteiger partial charge in [-0.25, -0.2) is 4.68 Å². The summed E-state index contributed by atoms with van der Waals surface area (Å²) in [5.41, 5.74) is 0.930. The van der Waals surface area contributed by atoms with E-state index in [9.17, 15) is 9.90 Å². The van der Waals surface area contributed by atoms with Crippen LogP contribution in [0.4, 0.5) is 0 Å². The van der Waals surface area contributed by atoms with Gasteiger partial charge in [-0.3, -0.25) is 9.69 Å². The van der Waals surface area contributed by atoms with Crippen molar-refractivity contribution in [2.75, 3.05) is 7.11 Å². The molecule has 1 aromatic heterocycles. The zero-order valence-electron chi connectivity index (χ0n) is 16.0. The Kier molecular flexibility index (Phi) is 4.78. The van der Waals surface area contributed by atoms with E-state index in [2.05, 4.69) is 16.1 Å².